The number of nitrogens with zero attached hydrogens (tertiary/aromatic N) is 1. The summed E-state index contributed by atoms with van der Waals surface area (Å²) in [5, 5.41) is 12.8. The van der Waals surface area contributed by atoms with Gasteiger partial charge in [-0.15, -0.1) is 0 Å². The monoisotopic (exact) mass is 260 g/mol. The molecule has 0 heterocycles. The van der Waals surface area contributed by atoms with Gasteiger partial charge >= 0.3 is 5.97 Å². The minimum Gasteiger partial charge on any atom is -0.467 e. The highest BCUT2D eigenvalue weighted by molar-refractivity contribution is 5.78. The van der Waals surface area contributed by atoms with E-state index in [2.05, 4.69) is 35.8 Å². The van der Waals surface area contributed by atoms with E-state index < -0.39 is 11.6 Å². The summed E-state index contributed by atoms with van der Waals surface area (Å²) >= 11 is 0. The number of rotatable bonds is 9. The summed E-state index contributed by atoms with van der Waals surface area (Å²) in [4.78, 5) is 13.5. The third-order valence-corrected chi connectivity index (χ3v) is 3.09. The van der Waals surface area contributed by atoms with Crippen LogP contribution in [0.5, 0.6) is 0 Å². The SMILES string of the molecule is COC(=O)C(C)(O)CNCCCCN(C)C(C)C. The highest BCUT2D eigenvalue weighted by Gasteiger charge is 2.30. The van der Waals surface area contributed by atoms with Crippen LogP contribution < -0.4 is 5.32 Å². The van der Waals surface area contributed by atoms with Gasteiger partial charge in [0.1, 0.15) is 0 Å². The first-order valence-corrected chi connectivity index (χ1v) is 6.53. The number of nitrogens with one attached hydrogen (secondary N) is 1. The predicted octanol–water partition coefficient (Wildman–Crippen LogP) is 0.620. The Hall–Kier alpha value is -0.650. The summed E-state index contributed by atoms with van der Waals surface area (Å²) in [7, 11) is 3.39. The van der Waals surface area contributed by atoms with Crippen molar-refractivity contribution in [2.45, 2.75) is 45.3 Å². The highest BCUT2D eigenvalue weighted by Crippen LogP contribution is 2.04. The van der Waals surface area contributed by atoms with Crippen molar-refractivity contribution in [3.63, 3.8) is 0 Å². The molecule has 1 atom stereocenters. The molecule has 0 amide bonds. The van der Waals surface area contributed by atoms with E-state index in [0.717, 1.165) is 25.9 Å². The Morgan fingerprint density at radius 1 is 1.44 bits per heavy atom. The number of aliphatic hydroxyl groups is 1. The molecule has 1 unspecified atom stereocenters. The molecule has 18 heavy (non-hydrogen) atoms. The van der Waals surface area contributed by atoms with Crippen molar-refractivity contribution >= 4 is 5.97 Å². The van der Waals surface area contributed by atoms with Crippen LogP contribution in [-0.2, 0) is 9.53 Å². The van der Waals surface area contributed by atoms with Gasteiger partial charge in [0, 0.05) is 12.6 Å². The Labute approximate surface area is 110 Å². The lowest BCUT2D eigenvalue weighted by molar-refractivity contribution is -0.159. The van der Waals surface area contributed by atoms with Gasteiger partial charge in [-0.25, -0.2) is 4.79 Å². The van der Waals surface area contributed by atoms with E-state index >= 15 is 0 Å². The molecule has 0 radical (unpaired) electrons. The van der Waals surface area contributed by atoms with Crippen molar-refractivity contribution in [3.8, 4) is 0 Å². The lowest BCUT2D eigenvalue weighted by atomic mass is 10.1. The van der Waals surface area contributed by atoms with Crippen LogP contribution in [0.25, 0.3) is 0 Å². The molecule has 0 aliphatic heterocycles. The van der Waals surface area contributed by atoms with Crippen LogP contribution in [0.2, 0.25) is 0 Å². The summed E-state index contributed by atoms with van der Waals surface area (Å²) in [6, 6.07) is 0.568. The molecule has 0 aliphatic carbocycles. The number of hydrogen-bond donors (Lipinski definition) is 2. The Bertz CT molecular complexity index is 242. The predicted molar refractivity (Wildman–Crippen MR) is 72.5 cm³/mol. The molecule has 0 saturated heterocycles. The maximum absolute atomic E-state index is 11.2. The molecule has 0 saturated carbocycles. The second-order valence-electron chi connectivity index (χ2n) is 5.22. The molecule has 0 rings (SSSR count). The van der Waals surface area contributed by atoms with Gasteiger partial charge in [-0.2, -0.15) is 0 Å². The first-order chi connectivity index (χ1) is 8.31. The molecule has 2 N–H and O–H groups in total. The van der Waals surface area contributed by atoms with Gasteiger partial charge < -0.3 is 20.1 Å². The molecule has 0 spiro atoms. The van der Waals surface area contributed by atoms with E-state index in [9.17, 15) is 9.90 Å². The highest BCUT2D eigenvalue weighted by atomic mass is 16.5. The first kappa shape index (κ1) is 17.4. The average Bonchev–Trinajstić information content (AvgIpc) is 2.31. The Balaban J connectivity index is 3.60. The van der Waals surface area contributed by atoms with Crippen molar-refractivity contribution in [1.29, 1.82) is 0 Å². The zero-order valence-corrected chi connectivity index (χ0v) is 12.3. The van der Waals surface area contributed by atoms with E-state index in [-0.39, 0.29) is 6.54 Å². The molecule has 0 aliphatic rings. The lowest BCUT2D eigenvalue weighted by Gasteiger charge is -2.22. The molecule has 108 valence electrons. The summed E-state index contributed by atoms with van der Waals surface area (Å²) in [6.45, 7) is 7.88. The first-order valence-electron chi connectivity index (χ1n) is 6.53. The zero-order chi connectivity index (χ0) is 14.2. The molecule has 0 fully saturated rings. The lowest BCUT2D eigenvalue weighted by Crippen LogP contribution is -2.45. The molecular weight excluding hydrogens is 232 g/mol. The maximum atomic E-state index is 11.2. The van der Waals surface area contributed by atoms with E-state index in [1.54, 1.807) is 0 Å². The summed E-state index contributed by atoms with van der Waals surface area (Å²) in [5.74, 6) is -0.602. The standard InChI is InChI=1S/C13H28N2O3/c1-11(2)15(4)9-7-6-8-14-10-13(3,17)12(16)18-5/h11,14,17H,6-10H2,1-5H3. The smallest absolute Gasteiger partial charge is 0.338 e. The van der Waals surface area contributed by atoms with Crippen LogP contribution in [-0.4, -0.2) is 61.4 Å². The van der Waals surface area contributed by atoms with Crippen LogP contribution in [0.1, 0.15) is 33.6 Å². The van der Waals surface area contributed by atoms with Crippen molar-refractivity contribution in [2.75, 3.05) is 33.8 Å². The van der Waals surface area contributed by atoms with E-state index in [1.165, 1.54) is 14.0 Å². The maximum Gasteiger partial charge on any atom is 0.338 e. The van der Waals surface area contributed by atoms with Crippen LogP contribution >= 0.6 is 0 Å². The van der Waals surface area contributed by atoms with Crippen molar-refractivity contribution in [2.24, 2.45) is 0 Å². The summed E-state index contributed by atoms with van der Waals surface area (Å²) in [5.41, 5.74) is -1.44. The average molecular weight is 260 g/mol. The topological polar surface area (TPSA) is 61.8 Å². The Kier molecular flexibility index (Phi) is 8.15. The molecule has 5 nitrogen and oxygen atoms in total. The van der Waals surface area contributed by atoms with Crippen molar-refractivity contribution < 1.29 is 14.6 Å². The fraction of sp³-hybridized carbons (Fsp3) is 0.923. The molecular formula is C13H28N2O3. The molecule has 0 aromatic carbocycles. The molecule has 0 bridgehead atoms. The van der Waals surface area contributed by atoms with Crippen molar-refractivity contribution in [1.82, 2.24) is 10.2 Å². The van der Waals surface area contributed by atoms with Gasteiger partial charge in [0.2, 0.25) is 0 Å². The number of unbranched alkanes of at least 4 members (excludes halogenated alkanes) is 1. The zero-order valence-electron chi connectivity index (χ0n) is 12.3. The molecule has 0 aromatic heterocycles. The molecule has 0 aromatic rings. The summed E-state index contributed by atoms with van der Waals surface area (Å²) in [6.07, 6.45) is 2.12. The van der Waals surface area contributed by atoms with Gasteiger partial charge in [-0.05, 0) is 53.8 Å². The number of carbonyl (C=O) groups excluding carboxylic acids is 1. The number of esters is 1. The number of hydrogen-bond acceptors (Lipinski definition) is 5. The van der Waals surface area contributed by atoms with Crippen LogP contribution in [0, 0.1) is 0 Å². The van der Waals surface area contributed by atoms with Crippen LogP contribution in [0.4, 0.5) is 0 Å². The number of carbonyl (C=O) groups is 1. The van der Waals surface area contributed by atoms with E-state index in [4.69, 9.17) is 0 Å². The molecule has 5 heteroatoms. The van der Waals surface area contributed by atoms with Crippen LogP contribution in [0.3, 0.4) is 0 Å². The normalized spacial score (nSPS) is 14.9. The van der Waals surface area contributed by atoms with Crippen LogP contribution in [0.15, 0.2) is 0 Å². The van der Waals surface area contributed by atoms with Gasteiger partial charge in [0.25, 0.3) is 0 Å². The summed E-state index contributed by atoms with van der Waals surface area (Å²) < 4.78 is 4.52. The quantitative estimate of drug-likeness (QED) is 0.470. The fourth-order valence-electron chi connectivity index (χ4n) is 1.49. The van der Waals surface area contributed by atoms with Gasteiger partial charge in [0.05, 0.1) is 7.11 Å². The minimum atomic E-state index is -1.44. The third kappa shape index (κ3) is 6.93. The number of methoxy groups -OCH3 is 1. The van der Waals surface area contributed by atoms with E-state index in [1.807, 2.05) is 0 Å². The van der Waals surface area contributed by atoms with Crippen molar-refractivity contribution in [3.05, 3.63) is 0 Å². The third-order valence-electron chi connectivity index (χ3n) is 3.09. The van der Waals surface area contributed by atoms with E-state index in [0.29, 0.717) is 6.04 Å². The second-order valence-corrected chi connectivity index (χ2v) is 5.22. The largest absolute Gasteiger partial charge is 0.467 e. The van der Waals surface area contributed by atoms with Gasteiger partial charge in [0.15, 0.2) is 5.60 Å². The second kappa shape index (κ2) is 8.45. The minimum absolute atomic E-state index is 0.222. The number of ether oxygens (including phenoxy) is 1. The van der Waals surface area contributed by atoms with Gasteiger partial charge in [-0.3, -0.25) is 0 Å². The Morgan fingerprint density at radius 2 is 2.06 bits per heavy atom. The fourth-order valence-corrected chi connectivity index (χ4v) is 1.49. The van der Waals surface area contributed by atoms with Gasteiger partial charge in [-0.1, -0.05) is 0 Å². The Morgan fingerprint density at radius 3 is 2.56 bits per heavy atom.